The molecule has 0 saturated heterocycles. The third-order valence-electron chi connectivity index (χ3n) is 1.80. The minimum Gasteiger partial charge on any atom is -0.339 e. The van der Waals surface area contributed by atoms with E-state index in [0.29, 0.717) is 6.04 Å². The number of rotatable bonds is 2. The Morgan fingerprint density at radius 3 is 2.36 bits per heavy atom. The molecule has 1 aromatic rings. The molecule has 0 aliphatic carbocycles. The first-order chi connectivity index (χ1) is 5.24. The fourth-order valence-electron chi connectivity index (χ4n) is 0.918. The van der Waals surface area contributed by atoms with Crippen molar-refractivity contribution in [2.45, 2.75) is 13.0 Å². The maximum absolute atomic E-state index is 3.40. The molecule has 0 saturated carbocycles. The number of benzene rings is 1. The zero-order valence-electron chi connectivity index (χ0n) is 6.76. The first-order valence-electron chi connectivity index (χ1n) is 3.67. The Hall–Kier alpha value is -0.123. The molecular weight excluding hydrogens is 218 g/mol. The van der Waals surface area contributed by atoms with Gasteiger partial charge in [-0.1, -0.05) is 28.1 Å². The van der Waals surface area contributed by atoms with E-state index >= 15 is 0 Å². The van der Waals surface area contributed by atoms with Crippen LogP contribution in [0.3, 0.4) is 0 Å². The lowest BCUT2D eigenvalue weighted by molar-refractivity contribution is 0.744. The molecule has 0 radical (unpaired) electrons. The van der Waals surface area contributed by atoms with E-state index in [1.165, 1.54) is 5.56 Å². The SMILES string of the molecule is C[C@@H](N[SiH3])c1ccc(Br)cc1. The van der Waals surface area contributed by atoms with Crippen molar-refractivity contribution in [2.24, 2.45) is 0 Å². The molecular formula is C8H12BrNSi. The van der Waals surface area contributed by atoms with Gasteiger partial charge in [0.15, 0.2) is 0 Å². The van der Waals surface area contributed by atoms with Gasteiger partial charge in [0.2, 0.25) is 0 Å². The largest absolute Gasteiger partial charge is 0.339 e. The second kappa shape index (κ2) is 4.04. The van der Waals surface area contributed by atoms with Crippen LogP contribution < -0.4 is 4.98 Å². The molecule has 0 aliphatic heterocycles. The lowest BCUT2D eigenvalue weighted by atomic mass is 10.1. The fraction of sp³-hybridized carbons (Fsp3) is 0.250. The minimum absolute atomic E-state index is 0.495. The van der Waals surface area contributed by atoms with Crippen molar-refractivity contribution in [1.29, 1.82) is 0 Å². The maximum Gasteiger partial charge on any atom is 0.0756 e. The molecule has 1 aromatic carbocycles. The van der Waals surface area contributed by atoms with E-state index in [1.807, 2.05) is 0 Å². The molecule has 0 spiro atoms. The quantitative estimate of drug-likeness (QED) is 0.757. The van der Waals surface area contributed by atoms with Crippen molar-refractivity contribution in [3.8, 4) is 0 Å². The topological polar surface area (TPSA) is 12.0 Å². The van der Waals surface area contributed by atoms with Crippen molar-refractivity contribution in [1.82, 2.24) is 4.98 Å². The summed E-state index contributed by atoms with van der Waals surface area (Å²) in [6.07, 6.45) is 0. The van der Waals surface area contributed by atoms with Crippen LogP contribution in [0.4, 0.5) is 0 Å². The summed E-state index contributed by atoms with van der Waals surface area (Å²) >= 11 is 3.40. The van der Waals surface area contributed by atoms with Gasteiger partial charge >= 0.3 is 0 Å². The summed E-state index contributed by atoms with van der Waals surface area (Å²) in [5.41, 5.74) is 1.35. The van der Waals surface area contributed by atoms with Gasteiger partial charge in [-0.05, 0) is 24.6 Å². The predicted molar refractivity (Wildman–Crippen MR) is 55.6 cm³/mol. The third kappa shape index (κ3) is 2.43. The molecule has 1 nitrogen and oxygen atoms in total. The van der Waals surface area contributed by atoms with Crippen LogP contribution in [0.15, 0.2) is 28.7 Å². The lowest BCUT2D eigenvalue weighted by Crippen LogP contribution is -2.13. The normalized spacial score (nSPS) is 13.3. The first kappa shape index (κ1) is 8.97. The molecule has 1 rings (SSSR count). The highest BCUT2D eigenvalue weighted by atomic mass is 79.9. The van der Waals surface area contributed by atoms with Gasteiger partial charge in [0, 0.05) is 10.5 Å². The Kier molecular flexibility index (Phi) is 3.30. The molecule has 11 heavy (non-hydrogen) atoms. The summed E-state index contributed by atoms with van der Waals surface area (Å²) in [7, 11) is 1.04. The van der Waals surface area contributed by atoms with Gasteiger partial charge in [0.25, 0.3) is 0 Å². The summed E-state index contributed by atoms with van der Waals surface area (Å²) in [4.78, 5) is 3.32. The highest BCUT2D eigenvalue weighted by Gasteiger charge is 1.99. The Morgan fingerprint density at radius 2 is 1.91 bits per heavy atom. The van der Waals surface area contributed by atoms with Gasteiger partial charge in [-0.25, -0.2) is 0 Å². The van der Waals surface area contributed by atoms with Crippen LogP contribution in [-0.2, 0) is 0 Å². The van der Waals surface area contributed by atoms with E-state index in [4.69, 9.17) is 0 Å². The summed E-state index contributed by atoms with van der Waals surface area (Å²) < 4.78 is 1.14. The Bertz CT molecular complexity index is 222. The monoisotopic (exact) mass is 229 g/mol. The van der Waals surface area contributed by atoms with Gasteiger partial charge in [-0.3, -0.25) is 0 Å². The van der Waals surface area contributed by atoms with Crippen LogP contribution in [-0.4, -0.2) is 10.4 Å². The van der Waals surface area contributed by atoms with Crippen molar-refractivity contribution in [2.75, 3.05) is 0 Å². The van der Waals surface area contributed by atoms with Crippen LogP contribution in [0.5, 0.6) is 0 Å². The highest BCUT2D eigenvalue weighted by Crippen LogP contribution is 2.15. The smallest absolute Gasteiger partial charge is 0.0756 e. The second-order valence-corrected chi connectivity index (χ2v) is 4.05. The fourth-order valence-corrected chi connectivity index (χ4v) is 1.52. The molecule has 0 unspecified atom stereocenters. The van der Waals surface area contributed by atoms with E-state index in [9.17, 15) is 0 Å². The number of hydrogen-bond acceptors (Lipinski definition) is 1. The molecule has 1 atom stereocenters. The average molecular weight is 230 g/mol. The summed E-state index contributed by atoms with van der Waals surface area (Å²) in [6, 6.07) is 8.92. The van der Waals surface area contributed by atoms with Gasteiger partial charge in [-0.15, -0.1) is 0 Å². The standard InChI is InChI=1S/C8H12BrNSi/c1-6(10-11)7-2-4-8(9)5-3-7/h2-6,10H,1,11H3/t6-/m1/s1. The van der Waals surface area contributed by atoms with E-state index in [1.54, 1.807) is 0 Å². The number of nitrogens with one attached hydrogen (secondary N) is 1. The highest BCUT2D eigenvalue weighted by molar-refractivity contribution is 9.10. The van der Waals surface area contributed by atoms with Crippen LogP contribution in [0, 0.1) is 0 Å². The molecule has 0 aromatic heterocycles. The van der Waals surface area contributed by atoms with Crippen LogP contribution in [0.25, 0.3) is 0 Å². The van der Waals surface area contributed by atoms with Gasteiger partial charge < -0.3 is 4.98 Å². The average Bonchev–Trinajstić information content (AvgIpc) is 2.05. The zero-order chi connectivity index (χ0) is 8.27. The zero-order valence-corrected chi connectivity index (χ0v) is 10.4. The molecule has 1 N–H and O–H groups in total. The molecule has 0 amide bonds. The number of halogens is 1. The molecule has 0 bridgehead atoms. The van der Waals surface area contributed by atoms with Crippen molar-refractivity contribution >= 4 is 26.3 Å². The van der Waals surface area contributed by atoms with Gasteiger partial charge in [-0.2, -0.15) is 0 Å². The first-order valence-corrected chi connectivity index (χ1v) is 5.46. The van der Waals surface area contributed by atoms with Crippen LogP contribution >= 0.6 is 15.9 Å². The second-order valence-electron chi connectivity index (χ2n) is 2.56. The van der Waals surface area contributed by atoms with Crippen LogP contribution in [0.1, 0.15) is 18.5 Å². The molecule has 0 fully saturated rings. The van der Waals surface area contributed by atoms with Gasteiger partial charge in [0.1, 0.15) is 0 Å². The summed E-state index contributed by atoms with van der Waals surface area (Å²) in [6.45, 7) is 2.18. The Labute approximate surface area is 78.8 Å². The van der Waals surface area contributed by atoms with Gasteiger partial charge in [0.05, 0.1) is 10.4 Å². The van der Waals surface area contributed by atoms with Crippen molar-refractivity contribution in [3.05, 3.63) is 34.3 Å². The lowest BCUT2D eigenvalue weighted by Gasteiger charge is -2.09. The van der Waals surface area contributed by atoms with Crippen molar-refractivity contribution < 1.29 is 0 Å². The molecule has 3 heteroatoms. The third-order valence-corrected chi connectivity index (χ3v) is 3.20. The maximum atomic E-state index is 3.40. The van der Waals surface area contributed by atoms with Crippen molar-refractivity contribution in [3.63, 3.8) is 0 Å². The van der Waals surface area contributed by atoms with E-state index < -0.39 is 0 Å². The summed E-state index contributed by atoms with van der Waals surface area (Å²) in [5, 5.41) is 0. The van der Waals surface area contributed by atoms with E-state index in [0.717, 1.165) is 14.9 Å². The number of hydrogen-bond donors (Lipinski definition) is 1. The van der Waals surface area contributed by atoms with E-state index in [2.05, 4.69) is 52.1 Å². The molecule has 60 valence electrons. The predicted octanol–water partition coefficient (Wildman–Crippen LogP) is 1.38. The van der Waals surface area contributed by atoms with Crippen LogP contribution in [0.2, 0.25) is 0 Å². The van der Waals surface area contributed by atoms with E-state index in [-0.39, 0.29) is 0 Å². The minimum atomic E-state index is 0.495. The molecule has 0 heterocycles. The summed E-state index contributed by atoms with van der Waals surface area (Å²) in [5.74, 6) is 0. The Balaban J connectivity index is 2.81. The molecule has 0 aliphatic rings. The Morgan fingerprint density at radius 1 is 1.36 bits per heavy atom.